The molecule has 0 aliphatic heterocycles. The first-order valence-electron chi connectivity index (χ1n) is 7.39. The number of hydrogen-bond donors (Lipinski definition) is 1. The number of hydrogen-bond acceptors (Lipinski definition) is 3. The summed E-state index contributed by atoms with van der Waals surface area (Å²) in [5, 5.41) is 9.22. The molecule has 4 heteroatoms. The van der Waals surface area contributed by atoms with Gasteiger partial charge in [0.05, 0.1) is 11.1 Å². The van der Waals surface area contributed by atoms with E-state index in [4.69, 9.17) is 4.74 Å². The molecule has 0 aromatic heterocycles. The van der Waals surface area contributed by atoms with Crippen LogP contribution in [0.4, 0.5) is 0 Å². The number of benzene rings is 2. The van der Waals surface area contributed by atoms with E-state index >= 15 is 0 Å². The van der Waals surface area contributed by atoms with E-state index in [1.54, 1.807) is 12.1 Å². The summed E-state index contributed by atoms with van der Waals surface area (Å²) in [5.74, 6) is -1.78. The minimum absolute atomic E-state index is 0.0572. The normalized spacial score (nSPS) is 12.5. The number of rotatable bonds is 4. The third-order valence-corrected chi connectivity index (χ3v) is 3.49. The van der Waals surface area contributed by atoms with Crippen LogP contribution in [0.2, 0.25) is 0 Å². The number of carbonyl (C=O) groups is 2. The van der Waals surface area contributed by atoms with E-state index in [0.717, 1.165) is 5.56 Å². The summed E-state index contributed by atoms with van der Waals surface area (Å²) in [6, 6.07) is 15.5. The molecule has 0 fully saturated rings. The van der Waals surface area contributed by atoms with Gasteiger partial charge >= 0.3 is 11.9 Å². The molecule has 0 spiro atoms. The minimum atomic E-state index is -1.15. The second-order valence-electron chi connectivity index (χ2n) is 6.41. The van der Waals surface area contributed by atoms with Crippen molar-refractivity contribution in [3.8, 4) is 0 Å². The second kappa shape index (κ2) is 6.65. The Bertz CT molecular complexity index is 699. The number of carboxylic acid groups (broad SMARTS) is 1. The molecule has 0 amide bonds. The Morgan fingerprint density at radius 1 is 0.913 bits per heavy atom. The van der Waals surface area contributed by atoms with Crippen LogP contribution in [0.1, 0.15) is 53.2 Å². The van der Waals surface area contributed by atoms with Crippen molar-refractivity contribution in [3.05, 3.63) is 71.3 Å². The van der Waals surface area contributed by atoms with Crippen molar-refractivity contribution in [3.63, 3.8) is 0 Å². The standard InChI is InChI=1S/C19H20O4/c1-19(2,3)16(13-9-5-4-6-10-13)23-18(22)15-12-8-7-11-14(15)17(20)21/h4-12,16H,1-3H3,(H,20,21). The molecule has 0 saturated heterocycles. The van der Waals surface area contributed by atoms with E-state index in [0.29, 0.717) is 0 Å². The average Bonchev–Trinajstić information content (AvgIpc) is 2.52. The summed E-state index contributed by atoms with van der Waals surface area (Å²) in [4.78, 5) is 23.8. The highest BCUT2D eigenvalue weighted by molar-refractivity contribution is 6.02. The minimum Gasteiger partial charge on any atom is -0.478 e. The third-order valence-electron chi connectivity index (χ3n) is 3.49. The Labute approximate surface area is 135 Å². The largest absolute Gasteiger partial charge is 0.478 e. The second-order valence-corrected chi connectivity index (χ2v) is 6.41. The summed E-state index contributed by atoms with van der Waals surface area (Å²) in [5.41, 5.74) is 0.555. The number of esters is 1. The van der Waals surface area contributed by atoms with Crippen LogP contribution in [0.3, 0.4) is 0 Å². The molecule has 0 heterocycles. The predicted molar refractivity (Wildman–Crippen MR) is 87.5 cm³/mol. The number of ether oxygens (including phenoxy) is 1. The average molecular weight is 312 g/mol. The van der Waals surface area contributed by atoms with Gasteiger partial charge in [-0.1, -0.05) is 63.2 Å². The van der Waals surface area contributed by atoms with Gasteiger partial charge in [0.1, 0.15) is 6.10 Å². The van der Waals surface area contributed by atoms with Crippen molar-refractivity contribution in [2.75, 3.05) is 0 Å². The lowest BCUT2D eigenvalue weighted by atomic mass is 9.84. The molecule has 1 atom stereocenters. The topological polar surface area (TPSA) is 63.6 Å². The maximum Gasteiger partial charge on any atom is 0.339 e. The summed E-state index contributed by atoms with van der Waals surface area (Å²) < 4.78 is 5.68. The van der Waals surface area contributed by atoms with Gasteiger partial charge in [-0.25, -0.2) is 9.59 Å². The molecule has 1 unspecified atom stereocenters. The molecule has 23 heavy (non-hydrogen) atoms. The van der Waals surface area contributed by atoms with Crippen LogP contribution in [0.5, 0.6) is 0 Å². The van der Waals surface area contributed by atoms with Gasteiger partial charge < -0.3 is 9.84 Å². The highest BCUT2D eigenvalue weighted by Gasteiger charge is 2.31. The molecule has 0 aliphatic carbocycles. The van der Waals surface area contributed by atoms with Crippen molar-refractivity contribution >= 4 is 11.9 Å². The first-order valence-corrected chi connectivity index (χ1v) is 7.39. The fourth-order valence-electron chi connectivity index (χ4n) is 2.39. The summed E-state index contributed by atoms with van der Waals surface area (Å²) >= 11 is 0. The van der Waals surface area contributed by atoms with Crippen molar-refractivity contribution in [2.24, 2.45) is 5.41 Å². The Kier molecular flexibility index (Phi) is 4.84. The monoisotopic (exact) mass is 312 g/mol. The molecule has 4 nitrogen and oxygen atoms in total. The number of carboxylic acids is 1. The number of aromatic carboxylic acids is 1. The number of carbonyl (C=O) groups excluding carboxylic acids is 1. The molecule has 0 radical (unpaired) electrons. The molecule has 0 aliphatic rings. The van der Waals surface area contributed by atoms with E-state index in [9.17, 15) is 14.7 Å². The SMILES string of the molecule is CC(C)(C)C(OC(=O)c1ccccc1C(=O)O)c1ccccc1. The third kappa shape index (κ3) is 3.97. The summed E-state index contributed by atoms with van der Waals surface area (Å²) in [7, 11) is 0. The van der Waals surface area contributed by atoms with Crippen LogP contribution in [0.25, 0.3) is 0 Å². The van der Waals surface area contributed by atoms with Gasteiger partial charge in [0, 0.05) is 5.41 Å². The van der Waals surface area contributed by atoms with Gasteiger partial charge in [-0.15, -0.1) is 0 Å². The van der Waals surface area contributed by atoms with Crippen LogP contribution < -0.4 is 0 Å². The van der Waals surface area contributed by atoms with E-state index in [1.807, 2.05) is 51.1 Å². The van der Waals surface area contributed by atoms with Crippen LogP contribution >= 0.6 is 0 Å². The van der Waals surface area contributed by atoms with Crippen LogP contribution in [-0.4, -0.2) is 17.0 Å². The lowest BCUT2D eigenvalue weighted by Gasteiger charge is -2.30. The zero-order chi connectivity index (χ0) is 17.0. The van der Waals surface area contributed by atoms with Gasteiger partial charge in [0.2, 0.25) is 0 Å². The Morgan fingerprint density at radius 2 is 1.43 bits per heavy atom. The van der Waals surface area contributed by atoms with Gasteiger partial charge in [-0.2, -0.15) is 0 Å². The van der Waals surface area contributed by atoms with Crippen molar-refractivity contribution in [1.29, 1.82) is 0 Å². The highest BCUT2D eigenvalue weighted by atomic mass is 16.5. The molecular formula is C19H20O4. The van der Waals surface area contributed by atoms with E-state index in [2.05, 4.69) is 0 Å². The molecule has 120 valence electrons. The predicted octanol–water partition coefficient (Wildman–Crippen LogP) is 4.33. The first-order chi connectivity index (χ1) is 10.8. The zero-order valence-corrected chi connectivity index (χ0v) is 13.4. The lowest BCUT2D eigenvalue weighted by molar-refractivity contribution is -0.00417. The van der Waals surface area contributed by atoms with Crippen LogP contribution in [0.15, 0.2) is 54.6 Å². The Hall–Kier alpha value is -2.62. The molecule has 0 bridgehead atoms. The maximum absolute atomic E-state index is 12.5. The maximum atomic E-state index is 12.5. The summed E-state index contributed by atoms with van der Waals surface area (Å²) in [6.45, 7) is 5.92. The fraction of sp³-hybridized carbons (Fsp3) is 0.263. The molecular weight excluding hydrogens is 292 g/mol. The Morgan fingerprint density at radius 3 is 1.96 bits per heavy atom. The first kappa shape index (κ1) is 16.7. The van der Waals surface area contributed by atoms with Crippen molar-refractivity contribution in [2.45, 2.75) is 26.9 Å². The van der Waals surface area contributed by atoms with Crippen LogP contribution in [0, 0.1) is 5.41 Å². The molecule has 0 saturated carbocycles. The zero-order valence-electron chi connectivity index (χ0n) is 13.4. The summed E-state index contributed by atoms with van der Waals surface area (Å²) in [6.07, 6.45) is -0.474. The van der Waals surface area contributed by atoms with Crippen molar-refractivity contribution in [1.82, 2.24) is 0 Å². The van der Waals surface area contributed by atoms with Gasteiger partial charge in [0.15, 0.2) is 0 Å². The van der Waals surface area contributed by atoms with E-state index in [-0.39, 0.29) is 16.5 Å². The quantitative estimate of drug-likeness (QED) is 0.854. The van der Waals surface area contributed by atoms with Crippen molar-refractivity contribution < 1.29 is 19.4 Å². The van der Waals surface area contributed by atoms with Gasteiger partial charge in [0.25, 0.3) is 0 Å². The van der Waals surface area contributed by atoms with E-state index < -0.39 is 18.0 Å². The highest BCUT2D eigenvalue weighted by Crippen LogP contribution is 2.36. The molecule has 2 aromatic rings. The molecule has 2 rings (SSSR count). The molecule has 2 aromatic carbocycles. The van der Waals surface area contributed by atoms with E-state index in [1.165, 1.54) is 12.1 Å². The lowest BCUT2D eigenvalue weighted by Crippen LogP contribution is -2.25. The van der Waals surface area contributed by atoms with Gasteiger partial charge in [-0.05, 0) is 17.7 Å². The van der Waals surface area contributed by atoms with Gasteiger partial charge in [-0.3, -0.25) is 0 Å². The fourth-order valence-corrected chi connectivity index (χ4v) is 2.39. The smallest absolute Gasteiger partial charge is 0.339 e. The van der Waals surface area contributed by atoms with Crippen LogP contribution in [-0.2, 0) is 4.74 Å². The molecule has 1 N–H and O–H groups in total. The Balaban J connectivity index is 2.35.